The first kappa shape index (κ1) is 24.3. The lowest BCUT2D eigenvalue weighted by molar-refractivity contribution is -0.136. The minimum atomic E-state index is -0.403. The molecule has 2 atom stereocenters. The van der Waals surface area contributed by atoms with Gasteiger partial charge >= 0.3 is 0 Å². The van der Waals surface area contributed by atoms with Crippen LogP contribution in [0.1, 0.15) is 54.7 Å². The summed E-state index contributed by atoms with van der Waals surface area (Å²) in [5.74, 6) is -0.814. The Bertz CT molecular complexity index is 1450. The molecular formula is C32H28N2O3S. The molecule has 6 heteroatoms. The Labute approximate surface area is 226 Å². The van der Waals surface area contributed by atoms with Crippen molar-refractivity contribution in [3.05, 3.63) is 129 Å². The Morgan fingerprint density at radius 1 is 0.842 bits per heavy atom. The second kappa shape index (κ2) is 10.4. The van der Waals surface area contributed by atoms with E-state index >= 15 is 0 Å². The predicted molar refractivity (Wildman–Crippen MR) is 148 cm³/mol. The quantitative estimate of drug-likeness (QED) is 0.284. The van der Waals surface area contributed by atoms with E-state index in [2.05, 4.69) is 42.5 Å². The zero-order chi connectivity index (χ0) is 26.1. The Hall–Kier alpha value is -4.03. The molecule has 6 rings (SSSR count). The van der Waals surface area contributed by atoms with Crippen LogP contribution in [0.3, 0.4) is 0 Å². The van der Waals surface area contributed by atoms with E-state index in [1.54, 1.807) is 35.6 Å². The summed E-state index contributed by atoms with van der Waals surface area (Å²) in [4.78, 5) is 44.5. The predicted octanol–water partition coefficient (Wildman–Crippen LogP) is 5.92. The van der Waals surface area contributed by atoms with Gasteiger partial charge in [-0.05, 0) is 65.4 Å². The third-order valence-electron chi connectivity index (χ3n) is 7.68. The van der Waals surface area contributed by atoms with Crippen LogP contribution in [0.2, 0.25) is 0 Å². The summed E-state index contributed by atoms with van der Waals surface area (Å²) in [6.07, 6.45) is 2.77. The maximum absolute atomic E-state index is 14.2. The highest BCUT2D eigenvalue weighted by molar-refractivity contribution is 7.09. The van der Waals surface area contributed by atoms with Gasteiger partial charge in [0.25, 0.3) is 11.8 Å². The maximum atomic E-state index is 14.2. The summed E-state index contributed by atoms with van der Waals surface area (Å²) in [6, 6.07) is 29.4. The fourth-order valence-corrected chi connectivity index (χ4v) is 6.58. The molecule has 0 fully saturated rings. The molecule has 2 aliphatic rings. The van der Waals surface area contributed by atoms with Crippen LogP contribution in [-0.2, 0) is 24.2 Å². The normalized spacial score (nSPS) is 18.3. The van der Waals surface area contributed by atoms with Crippen molar-refractivity contribution in [2.75, 3.05) is 6.54 Å². The fourth-order valence-electron chi connectivity index (χ4n) is 5.88. The number of carbonyl (C=O) groups excluding carboxylic acids is 3. The van der Waals surface area contributed by atoms with E-state index in [0.717, 1.165) is 34.6 Å². The molecule has 0 saturated heterocycles. The van der Waals surface area contributed by atoms with Crippen molar-refractivity contribution in [1.82, 2.24) is 9.80 Å². The highest BCUT2D eigenvalue weighted by Gasteiger charge is 2.41. The van der Waals surface area contributed by atoms with Gasteiger partial charge in [-0.3, -0.25) is 19.3 Å². The van der Waals surface area contributed by atoms with E-state index < -0.39 is 11.8 Å². The van der Waals surface area contributed by atoms with Crippen molar-refractivity contribution in [2.24, 2.45) is 5.92 Å². The Morgan fingerprint density at radius 2 is 1.53 bits per heavy atom. The standard InChI is InChI=1S/C32H28N2O3S/c35-29(21-34-31(36)27-14-6-7-15-28(27)32(34)37)33(20-25-12-8-18-38-25)30-24(19-22-9-2-1-3-10-22)17-16-23-11-4-5-13-26(23)30/h1-15,18,24,30H,16-17,19-21H2/t24-,30-/m0/s1. The molecule has 1 aromatic heterocycles. The molecule has 0 N–H and O–H groups in total. The molecule has 0 unspecified atom stereocenters. The first-order valence-electron chi connectivity index (χ1n) is 13.0. The SMILES string of the molecule is O=C1c2ccccc2C(=O)N1CC(=O)N(Cc1cccs1)[C@@H]1c2ccccc2CC[C@H]1Cc1ccccc1. The van der Waals surface area contributed by atoms with Crippen LogP contribution in [0.25, 0.3) is 0 Å². The van der Waals surface area contributed by atoms with Crippen molar-refractivity contribution >= 4 is 29.1 Å². The van der Waals surface area contributed by atoms with Gasteiger partial charge in [0.2, 0.25) is 5.91 Å². The molecule has 3 amide bonds. The van der Waals surface area contributed by atoms with Crippen LogP contribution in [0.15, 0.2) is 96.4 Å². The van der Waals surface area contributed by atoms with Gasteiger partial charge in [0, 0.05) is 4.88 Å². The number of aryl methyl sites for hydroxylation is 1. The summed E-state index contributed by atoms with van der Waals surface area (Å²) in [6.45, 7) is 0.165. The number of benzene rings is 3. The van der Waals surface area contributed by atoms with Crippen molar-refractivity contribution in [1.29, 1.82) is 0 Å². The third kappa shape index (κ3) is 4.56. The zero-order valence-electron chi connectivity index (χ0n) is 21.0. The van der Waals surface area contributed by atoms with Crippen LogP contribution in [0.5, 0.6) is 0 Å². The Balaban J connectivity index is 1.37. The summed E-state index contributed by atoms with van der Waals surface area (Å²) in [7, 11) is 0. The monoisotopic (exact) mass is 520 g/mol. The number of imide groups is 1. The van der Waals surface area contributed by atoms with E-state index in [1.807, 2.05) is 34.5 Å². The van der Waals surface area contributed by atoms with Crippen LogP contribution in [0, 0.1) is 5.92 Å². The summed E-state index contributed by atoms with van der Waals surface area (Å²) in [5.41, 5.74) is 4.38. The summed E-state index contributed by atoms with van der Waals surface area (Å²) >= 11 is 1.61. The fraction of sp³-hybridized carbons (Fsp3) is 0.219. The molecule has 1 aliphatic carbocycles. The largest absolute Gasteiger partial charge is 0.329 e. The number of thiophene rings is 1. The van der Waals surface area contributed by atoms with Crippen molar-refractivity contribution in [3.63, 3.8) is 0 Å². The van der Waals surface area contributed by atoms with Crippen LogP contribution in [0.4, 0.5) is 0 Å². The van der Waals surface area contributed by atoms with Crippen LogP contribution in [-0.4, -0.2) is 34.1 Å². The first-order valence-corrected chi connectivity index (χ1v) is 13.9. The highest BCUT2D eigenvalue weighted by atomic mass is 32.1. The van der Waals surface area contributed by atoms with Crippen molar-refractivity contribution in [3.8, 4) is 0 Å². The molecule has 0 bridgehead atoms. The molecule has 5 nitrogen and oxygen atoms in total. The molecule has 190 valence electrons. The Kier molecular flexibility index (Phi) is 6.64. The number of hydrogen-bond acceptors (Lipinski definition) is 4. The van der Waals surface area contributed by atoms with Gasteiger partial charge in [-0.2, -0.15) is 0 Å². The van der Waals surface area contributed by atoms with Gasteiger partial charge in [0.05, 0.1) is 23.7 Å². The van der Waals surface area contributed by atoms with E-state index in [-0.39, 0.29) is 24.4 Å². The second-order valence-electron chi connectivity index (χ2n) is 9.98. The molecule has 0 spiro atoms. The van der Waals surface area contributed by atoms with Gasteiger partial charge in [-0.1, -0.05) is 72.8 Å². The average molecular weight is 521 g/mol. The number of nitrogens with zero attached hydrogens (tertiary/aromatic N) is 2. The van der Waals surface area contributed by atoms with E-state index in [0.29, 0.717) is 17.7 Å². The van der Waals surface area contributed by atoms with Gasteiger partial charge in [-0.25, -0.2) is 0 Å². The van der Waals surface area contributed by atoms with Gasteiger partial charge in [-0.15, -0.1) is 11.3 Å². The number of hydrogen-bond donors (Lipinski definition) is 0. The lowest BCUT2D eigenvalue weighted by Crippen LogP contribution is -2.46. The molecule has 1 aliphatic heterocycles. The second-order valence-corrected chi connectivity index (χ2v) is 11.0. The zero-order valence-corrected chi connectivity index (χ0v) is 21.8. The molecule has 0 saturated carbocycles. The van der Waals surface area contributed by atoms with Crippen molar-refractivity contribution < 1.29 is 14.4 Å². The van der Waals surface area contributed by atoms with Gasteiger partial charge < -0.3 is 4.90 Å². The van der Waals surface area contributed by atoms with E-state index in [9.17, 15) is 14.4 Å². The van der Waals surface area contributed by atoms with Gasteiger partial charge in [0.15, 0.2) is 0 Å². The molecule has 0 radical (unpaired) electrons. The summed E-state index contributed by atoms with van der Waals surface area (Å²) in [5, 5.41) is 2.01. The van der Waals surface area contributed by atoms with Gasteiger partial charge in [0.1, 0.15) is 6.54 Å². The highest BCUT2D eigenvalue weighted by Crippen LogP contribution is 2.41. The van der Waals surface area contributed by atoms with Crippen molar-refractivity contribution in [2.45, 2.75) is 31.8 Å². The number of carbonyl (C=O) groups is 3. The lowest BCUT2D eigenvalue weighted by atomic mass is 9.76. The third-order valence-corrected chi connectivity index (χ3v) is 8.54. The number of amides is 3. The lowest BCUT2D eigenvalue weighted by Gasteiger charge is -2.42. The molecule has 3 aromatic carbocycles. The van der Waals surface area contributed by atoms with E-state index in [4.69, 9.17) is 0 Å². The maximum Gasteiger partial charge on any atom is 0.262 e. The minimum absolute atomic E-state index is 0.162. The Morgan fingerprint density at radius 3 is 2.24 bits per heavy atom. The minimum Gasteiger partial charge on any atom is -0.329 e. The smallest absolute Gasteiger partial charge is 0.262 e. The molecule has 38 heavy (non-hydrogen) atoms. The number of rotatable bonds is 7. The summed E-state index contributed by atoms with van der Waals surface area (Å²) < 4.78 is 0. The van der Waals surface area contributed by atoms with Crippen LogP contribution >= 0.6 is 11.3 Å². The topological polar surface area (TPSA) is 57.7 Å². The van der Waals surface area contributed by atoms with E-state index in [1.165, 1.54) is 11.1 Å². The first-order chi connectivity index (χ1) is 18.6. The molecular weight excluding hydrogens is 492 g/mol. The number of fused-ring (bicyclic) bond motifs is 2. The molecule has 4 aromatic rings. The molecule has 2 heterocycles. The van der Waals surface area contributed by atoms with Crippen LogP contribution < -0.4 is 0 Å². The average Bonchev–Trinajstić information content (AvgIpc) is 3.55.